The number of anilines is 1. The Kier molecular flexibility index (Phi) is 3.49. The first kappa shape index (κ1) is 12.0. The Morgan fingerprint density at radius 2 is 2.31 bits per heavy atom. The second kappa shape index (κ2) is 4.65. The van der Waals surface area contributed by atoms with E-state index in [1.165, 1.54) is 13.1 Å². The number of oxazole rings is 1. The van der Waals surface area contributed by atoms with Crippen molar-refractivity contribution >= 4 is 18.0 Å². The first-order chi connectivity index (χ1) is 7.41. The molecule has 1 atom stereocenters. The minimum Gasteiger partial charge on any atom is -0.481 e. The molecule has 0 spiro atoms. The van der Waals surface area contributed by atoms with Crippen LogP contribution >= 0.6 is 0 Å². The second-order valence-electron chi connectivity index (χ2n) is 3.44. The van der Waals surface area contributed by atoms with E-state index in [1.54, 1.807) is 6.92 Å². The Morgan fingerprint density at radius 1 is 1.69 bits per heavy atom. The maximum Gasteiger partial charge on any atom is 0.322 e. The molecule has 0 bridgehead atoms. The molecule has 7 nitrogen and oxygen atoms in total. The number of hydrogen-bond donors (Lipinski definition) is 2. The molecule has 0 radical (unpaired) electrons. The van der Waals surface area contributed by atoms with E-state index in [2.05, 4.69) is 4.98 Å². The molecular weight excluding hydrogens is 214 g/mol. The molecule has 0 saturated carbocycles. The number of aromatic nitrogens is 1. The van der Waals surface area contributed by atoms with Gasteiger partial charge in [-0.25, -0.2) is 14.7 Å². The van der Waals surface area contributed by atoms with Crippen LogP contribution in [-0.2, 0) is 4.79 Å². The van der Waals surface area contributed by atoms with Gasteiger partial charge in [0, 0.05) is 6.54 Å². The van der Waals surface area contributed by atoms with Crippen molar-refractivity contribution < 1.29 is 19.1 Å². The summed E-state index contributed by atoms with van der Waals surface area (Å²) in [5.41, 5.74) is 5.12. The average molecular weight is 227 g/mol. The molecule has 7 heteroatoms. The van der Waals surface area contributed by atoms with E-state index in [0.717, 1.165) is 4.90 Å². The van der Waals surface area contributed by atoms with Crippen LogP contribution in [0.5, 0.6) is 0 Å². The number of carboxylic acid groups (broad SMARTS) is 1. The quantitative estimate of drug-likeness (QED) is 0.782. The van der Waals surface area contributed by atoms with Crippen LogP contribution in [0.1, 0.15) is 12.7 Å². The largest absolute Gasteiger partial charge is 0.481 e. The summed E-state index contributed by atoms with van der Waals surface area (Å²) in [6.07, 6.45) is 1.43. The standard InChI is InChI=1S/C9H13N3O4/c1-5(7(13)14)4-12(8(10)15)9-11-3-6(2)16-9/h3,5H,4H2,1-2H3,(H2,10,15)(H,13,14). The van der Waals surface area contributed by atoms with Gasteiger partial charge in [-0.1, -0.05) is 6.92 Å². The van der Waals surface area contributed by atoms with E-state index in [-0.39, 0.29) is 12.6 Å². The topological polar surface area (TPSA) is 110 Å². The van der Waals surface area contributed by atoms with Gasteiger partial charge in [0.2, 0.25) is 0 Å². The van der Waals surface area contributed by atoms with Gasteiger partial charge in [-0.2, -0.15) is 0 Å². The molecule has 3 N–H and O–H groups in total. The van der Waals surface area contributed by atoms with E-state index < -0.39 is 17.9 Å². The zero-order valence-corrected chi connectivity index (χ0v) is 9.01. The molecule has 0 saturated heterocycles. The first-order valence-corrected chi connectivity index (χ1v) is 4.64. The van der Waals surface area contributed by atoms with Crippen molar-refractivity contribution in [3.63, 3.8) is 0 Å². The van der Waals surface area contributed by atoms with E-state index in [4.69, 9.17) is 15.3 Å². The van der Waals surface area contributed by atoms with E-state index in [1.807, 2.05) is 0 Å². The number of carbonyl (C=O) groups is 2. The highest BCUT2D eigenvalue weighted by Gasteiger charge is 2.23. The summed E-state index contributed by atoms with van der Waals surface area (Å²) >= 11 is 0. The summed E-state index contributed by atoms with van der Waals surface area (Å²) in [4.78, 5) is 26.6. The molecule has 16 heavy (non-hydrogen) atoms. The average Bonchev–Trinajstić information content (AvgIpc) is 2.59. The van der Waals surface area contributed by atoms with Crippen molar-refractivity contribution in [2.24, 2.45) is 11.7 Å². The third-order valence-electron chi connectivity index (χ3n) is 1.98. The highest BCUT2D eigenvalue weighted by molar-refractivity contribution is 5.89. The Balaban J connectivity index is 2.84. The molecule has 0 aromatic carbocycles. The van der Waals surface area contributed by atoms with Gasteiger partial charge in [0.15, 0.2) is 0 Å². The number of nitrogens with two attached hydrogens (primary N) is 1. The van der Waals surface area contributed by atoms with E-state index in [9.17, 15) is 9.59 Å². The molecule has 1 heterocycles. The SMILES string of the molecule is Cc1cnc(N(CC(C)C(=O)O)C(N)=O)o1. The lowest BCUT2D eigenvalue weighted by Gasteiger charge is -2.18. The van der Waals surface area contributed by atoms with Crippen molar-refractivity contribution in [2.45, 2.75) is 13.8 Å². The fraction of sp³-hybridized carbons (Fsp3) is 0.444. The number of hydrogen-bond acceptors (Lipinski definition) is 4. The molecule has 1 aromatic heterocycles. The second-order valence-corrected chi connectivity index (χ2v) is 3.44. The van der Waals surface area contributed by atoms with Crippen LogP contribution in [0.25, 0.3) is 0 Å². The molecule has 2 amide bonds. The number of urea groups is 1. The van der Waals surface area contributed by atoms with Gasteiger partial charge in [0.1, 0.15) is 5.76 Å². The summed E-state index contributed by atoms with van der Waals surface area (Å²) in [6.45, 7) is 3.05. The first-order valence-electron chi connectivity index (χ1n) is 4.64. The molecule has 1 aromatic rings. The van der Waals surface area contributed by atoms with Crippen LogP contribution in [0.3, 0.4) is 0 Å². The lowest BCUT2D eigenvalue weighted by molar-refractivity contribution is -0.140. The number of carbonyl (C=O) groups excluding carboxylic acids is 1. The van der Waals surface area contributed by atoms with Gasteiger partial charge in [-0.05, 0) is 6.92 Å². The minimum atomic E-state index is -1.02. The van der Waals surface area contributed by atoms with Crippen molar-refractivity contribution in [2.75, 3.05) is 11.4 Å². The molecular formula is C9H13N3O4. The Bertz CT molecular complexity index is 401. The predicted molar refractivity (Wildman–Crippen MR) is 55.0 cm³/mol. The van der Waals surface area contributed by atoms with Gasteiger partial charge in [0.05, 0.1) is 12.1 Å². The van der Waals surface area contributed by atoms with Crippen LogP contribution in [0, 0.1) is 12.8 Å². The summed E-state index contributed by atoms with van der Waals surface area (Å²) in [5, 5.41) is 8.73. The van der Waals surface area contributed by atoms with Crippen LogP contribution < -0.4 is 10.6 Å². The van der Waals surface area contributed by atoms with Crippen molar-refractivity contribution in [3.8, 4) is 0 Å². The van der Waals surface area contributed by atoms with E-state index >= 15 is 0 Å². The van der Waals surface area contributed by atoms with Crippen LogP contribution in [0.15, 0.2) is 10.6 Å². The number of primary amides is 1. The zero-order valence-electron chi connectivity index (χ0n) is 9.01. The number of nitrogens with zero attached hydrogens (tertiary/aromatic N) is 2. The normalized spacial score (nSPS) is 12.1. The Labute approximate surface area is 91.9 Å². The number of aliphatic carboxylic acids is 1. The van der Waals surface area contributed by atoms with Gasteiger partial charge in [-0.15, -0.1) is 0 Å². The molecule has 88 valence electrons. The number of aryl methyl sites for hydroxylation is 1. The van der Waals surface area contributed by atoms with Gasteiger partial charge in [-0.3, -0.25) is 4.79 Å². The van der Waals surface area contributed by atoms with Gasteiger partial charge in [0.25, 0.3) is 0 Å². The molecule has 0 fully saturated rings. The zero-order chi connectivity index (χ0) is 12.3. The van der Waals surface area contributed by atoms with Crippen molar-refractivity contribution in [1.82, 2.24) is 4.98 Å². The third kappa shape index (κ3) is 2.72. The molecule has 1 unspecified atom stereocenters. The third-order valence-corrected chi connectivity index (χ3v) is 1.98. The van der Waals surface area contributed by atoms with Crippen molar-refractivity contribution in [1.29, 1.82) is 0 Å². The van der Waals surface area contributed by atoms with Crippen molar-refractivity contribution in [3.05, 3.63) is 12.0 Å². The minimum absolute atomic E-state index is 0.0121. The Morgan fingerprint density at radius 3 is 2.69 bits per heavy atom. The summed E-state index contributed by atoms with van der Waals surface area (Å²) in [7, 11) is 0. The predicted octanol–water partition coefficient (Wildman–Crippen LogP) is 0.589. The molecule has 0 aliphatic heterocycles. The smallest absolute Gasteiger partial charge is 0.322 e. The lowest BCUT2D eigenvalue weighted by Crippen LogP contribution is -2.40. The summed E-state index contributed by atoms with van der Waals surface area (Å²) in [5.74, 6) is -1.25. The highest BCUT2D eigenvalue weighted by Crippen LogP contribution is 2.15. The molecule has 0 aliphatic rings. The van der Waals surface area contributed by atoms with Crippen LogP contribution in [-0.4, -0.2) is 28.6 Å². The number of carboxylic acids is 1. The molecule has 1 rings (SSSR count). The summed E-state index contributed by atoms with van der Waals surface area (Å²) < 4.78 is 5.11. The fourth-order valence-electron chi connectivity index (χ4n) is 1.08. The van der Waals surface area contributed by atoms with Gasteiger partial charge >= 0.3 is 18.0 Å². The maximum absolute atomic E-state index is 11.1. The van der Waals surface area contributed by atoms with E-state index in [0.29, 0.717) is 5.76 Å². The monoisotopic (exact) mass is 227 g/mol. The fourth-order valence-corrected chi connectivity index (χ4v) is 1.08. The van der Waals surface area contributed by atoms with Crippen LogP contribution in [0.4, 0.5) is 10.8 Å². The van der Waals surface area contributed by atoms with Gasteiger partial charge < -0.3 is 15.3 Å². The highest BCUT2D eigenvalue weighted by atomic mass is 16.4. The molecule has 0 aliphatic carbocycles. The Hall–Kier alpha value is -2.05. The maximum atomic E-state index is 11.1. The van der Waals surface area contributed by atoms with Crippen LogP contribution in [0.2, 0.25) is 0 Å². The number of rotatable bonds is 4. The lowest BCUT2D eigenvalue weighted by atomic mass is 10.2. The number of amides is 2. The summed E-state index contributed by atoms with van der Waals surface area (Å²) in [6, 6.07) is -0.784.